The van der Waals surface area contributed by atoms with Crippen LogP contribution in [0.4, 0.5) is 0 Å². The highest BCUT2D eigenvalue weighted by Gasteiger charge is 2.06. The van der Waals surface area contributed by atoms with Crippen molar-refractivity contribution in [2.75, 3.05) is 19.8 Å². The topological polar surface area (TPSA) is 29.5 Å². The maximum atomic E-state index is 9.28. The number of aliphatic hydroxyl groups excluding tert-OH is 1. The molecule has 126 valence electrons. The maximum absolute atomic E-state index is 9.28. The van der Waals surface area contributed by atoms with Crippen molar-refractivity contribution < 1.29 is 9.84 Å². The summed E-state index contributed by atoms with van der Waals surface area (Å²) in [6, 6.07) is 0. The van der Waals surface area contributed by atoms with Crippen LogP contribution in [0, 0.1) is 5.92 Å². The number of unbranched alkanes of at least 4 members (excludes halogenated alkanes) is 10. The molecule has 0 aromatic heterocycles. The van der Waals surface area contributed by atoms with E-state index in [1.165, 1.54) is 70.6 Å². The minimum absolute atomic E-state index is 0.245. The summed E-state index contributed by atoms with van der Waals surface area (Å²) in [5.41, 5.74) is 0. The third-order valence-electron chi connectivity index (χ3n) is 4.06. The quantitative estimate of drug-likeness (QED) is 0.284. The van der Waals surface area contributed by atoms with Gasteiger partial charge in [-0.15, -0.1) is 6.58 Å². The zero-order valence-electron chi connectivity index (χ0n) is 14.3. The van der Waals surface area contributed by atoms with Gasteiger partial charge in [0.25, 0.3) is 0 Å². The van der Waals surface area contributed by atoms with Crippen LogP contribution in [0.25, 0.3) is 0 Å². The van der Waals surface area contributed by atoms with Gasteiger partial charge in [0.2, 0.25) is 0 Å². The zero-order valence-corrected chi connectivity index (χ0v) is 14.3. The molecule has 0 aliphatic heterocycles. The lowest BCUT2D eigenvalue weighted by Crippen LogP contribution is -2.14. The number of hydrogen-bond donors (Lipinski definition) is 1. The van der Waals surface area contributed by atoms with E-state index in [1.54, 1.807) is 6.08 Å². The summed E-state index contributed by atoms with van der Waals surface area (Å²) in [6.45, 7) is 7.40. The number of aliphatic hydroxyl groups is 1. The predicted molar refractivity (Wildman–Crippen MR) is 92.7 cm³/mol. The van der Waals surface area contributed by atoms with E-state index in [4.69, 9.17) is 4.74 Å². The van der Waals surface area contributed by atoms with E-state index in [1.807, 2.05) is 0 Å². The fraction of sp³-hybridized carbons (Fsp3) is 0.895. The Labute approximate surface area is 133 Å². The molecule has 21 heavy (non-hydrogen) atoms. The van der Waals surface area contributed by atoms with E-state index in [0.717, 1.165) is 6.42 Å². The molecule has 0 aliphatic carbocycles. The molecule has 0 rings (SSSR count). The fourth-order valence-corrected chi connectivity index (χ4v) is 2.64. The Morgan fingerprint density at radius 1 is 0.905 bits per heavy atom. The molecule has 1 atom stereocenters. The highest BCUT2D eigenvalue weighted by atomic mass is 16.5. The molecule has 0 fully saturated rings. The summed E-state index contributed by atoms with van der Waals surface area (Å²) in [5.74, 6) is 0.309. The van der Waals surface area contributed by atoms with Crippen LogP contribution in [0.15, 0.2) is 12.7 Å². The van der Waals surface area contributed by atoms with Gasteiger partial charge in [0.15, 0.2) is 0 Å². The van der Waals surface area contributed by atoms with Crippen molar-refractivity contribution in [1.29, 1.82) is 0 Å². The SMILES string of the molecule is C=CCOCC(CO)CCCCCCCCCCCCC. The molecule has 2 heteroatoms. The Bertz CT molecular complexity index is 204. The monoisotopic (exact) mass is 298 g/mol. The van der Waals surface area contributed by atoms with Crippen LogP contribution >= 0.6 is 0 Å². The molecule has 2 nitrogen and oxygen atoms in total. The standard InChI is InChI=1S/C19H38O2/c1-3-5-6-7-8-9-10-11-12-13-14-15-19(17-20)18-21-16-4-2/h4,19-20H,2-3,5-18H2,1H3. The maximum Gasteiger partial charge on any atom is 0.0644 e. The van der Waals surface area contributed by atoms with E-state index in [9.17, 15) is 5.11 Å². The van der Waals surface area contributed by atoms with E-state index < -0.39 is 0 Å². The van der Waals surface area contributed by atoms with Gasteiger partial charge in [0, 0.05) is 12.5 Å². The molecule has 0 spiro atoms. The first-order valence-corrected chi connectivity index (χ1v) is 9.14. The third kappa shape index (κ3) is 15.9. The second-order valence-electron chi connectivity index (χ2n) is 6.20. The van der Waals surface area contributed by atoms with E-state index in [2.05, 4.69) is 13.5 Å². The van der Waals surface area contributed by atoms with E-state index >= 15 is 0 Å². The minimum atomic E-state index is 0.245. The van der Waals surface area contributed by atoms with E-state index in [-0.39, 0.29) is 6.61 Å². The van der Waals surface area contributed by atoms with Crippen molar-refractivity contribution in [3.63, 3.8) is 0 Å². The molecule has 0 saturated heterocycles. The molecule has 1 N–H and O–H groups in total. The Balaban J connectivity index is 3.20. The molecular weight excluding hydrogens is 260 g/mol. The van der Waals surface area contributed by atoms with Crippen LogP contribution in [-0.2, 0) is 4.74 Å². The largest absolute Gasteiger partial charge is 0.396 e. The normalized spacial score (nSPS) is 12.5. The highest BCUT2D eigenvalue weighted by Crippen LogP contribution is 2.14. The first kappa shape index (κ1) is 20.7. The second-order valence-corrected chi connectivity index (χ2v) is 6.20. The fourth-order valence-electron chi connectivity index (χ4n) is 2.64. The predicted octanol–water partition coefficient (Wildman–Crippen LogP) is 5.50. The van der Waals surface area contributed by atoms with Gasteiger partial charge in [-0.1, -0.05) is 83.6 Å². The van der Waals surface area contributed by atoms with Gasteiger partial charge in [-0.25, -0.2) is 0 Å². The van der Waals surface area contributed by atoms with Crippen molar-refractivity contribution in [2.24, 2.45) is 5.92 Å². The Hall–Kier alpha value is -0.340. The molecule has 0 aromatic rings. The number of rotatable bonds is 17. The lowest BCUT2D eigenvalue weighted by Gasteiger charge is -2.13. The summed E-state index contributed by atoms with van der Waals surface area (Å²) in [4.78, 5) is 0. The lowest BCUT2D eigenvalue weighted by atomic mass is 10.0. The summed E-state index contributed by atoms with van der Waals surface area (Å²) in [7, 11) is 0. The average Bonchev–Trinajstić information content (AvgIpc) is 2.51. The van der Waals surface area contributed by atoms with Crippen LogP contribution < -0.4 is 0 Å². The molecule has 0 radical (unpaired) electrons. The molecule has 0 aliphatic rings. The van der Waals surface area contributed by atoms with Crippen LogP contribution in [-0.4, -0.2) is 24.9 Å². The van der Waals surface area contributed by atoms with Crippen molar-refractivity contribution >= 4 is 0 Å². The van der Waals surface area contributed by atoms with Gasteiger partial charge < -0.3 is 9.84 Å². The van der Waals surface area contributed by atoms with Gasteiger partial charge in [0.1, 0.15) is 0 Å². The van der Waals surface area contributed by atoms with Gasteiger partial charge in [-0.2, -0.15) is 0 Å². The lowest BCUT2D eigenvalue weighted by molar-refractivity contribution is 0.0843. The number of ether oxygens (including phenoxy) is 1. The van der Waals surface area contributed by atoms with Gasteiger partial charge in [-0.3, -0.25) is 0 Å². The molecule has 0 aromatic carbocycles. The van der Waals surface area contributed by atoms with Crippen molar-refractivity contribution in [3.8, 4) is 0 Å². The van der Waals surface area contributed by atoms with Crippen LogP contribution in [0.2, 0.25) is 0 Å². The van der Waals surface area contributed by atoms with Crippen LogP contribution in [0.3, 0.4) is 0 Å². The second kappa shape index (κ2) is 17.7. The molecule has 0 bridgehead atoms. The number of hydrogen-bond acceptors (Lipinski definition) is 2. The van der Waals surface area contributed by atoms with Crippen LogP contribution in [0.5, 0.6) is 0 Å². The summed E-state index contributed by atoms with van der Waals surface area (Å²) in [6.07, 6.45) is 17.9. The van der Waals surface area contributed by atoms with Crippen LogP contribution in [0.1, 0.15) is 84.0 Å². The average molecular weight is 299 g/mol. The zero-order chi connectivity index (χ0) is 15.6. The first-order valence-electron chi connectivity index (χ1n) is 9.14. The highest BCUT2D eigenvalue weighted by molar-refractivity contribution is 4.65. The van der Waals surface area contributed by atoms with Crippen molar-refractivity contribution in [3.05, 3.63) is 12.7 Å². The Morgan fingerprint density at radius 2 is 1.43 bits per heavy atom. The smallest absolute Gasteiger partial charge is 0.0644 e. The molecular formula is C19H38O2. The Kier molecular flexibility index (Phi) is 17.4. The van der Waals surface area contributed by atoms with Crippen molar-refractivity contribution in [1.82, 2.24) is 0 Å². The summed E-state index contributed by atoms with van der Waals surface area (Å²) < 4.78 is 5.41. The summed E-state index contributed by atoms with van der Waals surface area (Å²) in [5, 5.41) is 9.28. The Morgan fingerprint density at radius 3 is 1.90 bits per heavy atom. The van der Waals surface area contributed by atoms with E-state index in [0.29, 0.717) is 19.1 Å². The molecule has 0 heterocycles. The van der Waals surface area contributed by atoms with Gasteiger partial charge >= 0.3 is 0 Å². The van der Waals surface area contributed by atoms with Gasteiger partial charge in [0.05, 0.1) is 13.2 Å². The first-order chi connectivity index (χ1) is 10.3. The van der Waals surface area contributed by atoms with Gasteiger partial charge in [-0.05, 0) is 6.42 Å². The minimum Gasteiger partial charge on any atom is -0.396 e. The molecule has 0 amide bonds. The molecule has 1 unspecified atom stereocenters. The molecule has 0 saturated carbocycles. The van der Waals surface area contributed by atoms with Crippen molar-refractivity contribution in [2.45, 2.75) is 84.0 Å². The summed E-state index contributed by atoms with van der Waals surface area (Å²) >= 11 is 0. The third-order valence-corrected chi connectivity index (χ3v) is 4.06.